The maximum absolute atomic E-state index is 13.9. The molecule has 0 bridgehead atoms. The molecule has 0 spiro atoms. The van der Waals surface area contributed by atoms with Gasteiger partial charge in [-0.3, -0.25) is 4.79 Å². The smallest absolute Gasteiger partial charge is 0.168 e. The van der Waals surface area contributed by atoms with Crippen LogP contribution in [0.4, 0.5) is 4.39 Å². The van der Waals surface area contributed by atoms with Crippen LogP contribution in [0.3, 0.4) is 0 Å². The fourth-order valence-electron chi connectivity index (χ4n) is 2.16. The van der Waals surface area contributed by atoms with Crippen LogP contribution in [0.1, 0.15) is 12.0 Å². The zero-order valence-electron chi connectivity index (χ0n) is 10.9. The fraction of sp³-hybridized carbons (Fsp3) is 0.500. The number of halogens is 1. The number of carbonyl (C=O) groups excluding carboxylic acids is 1. The first-order chi connectivity index (χ1) is 9.20. The fourth-order valence-corrected chi connectivity index (χ4v) is 3.11. The van der Waals surface area contributed by atoms with Crippen molar-refractivity contribution < 1.29 is 13.9 Å². The normalized spacial score (nSPS) is 19.2. The Bertz CT molecular complexity index is 447. The molecule has 104 valence electrons. The zero-order chi connectivity index (χ0) is 13.7. The summed E-state index contributed by atoms with van der Waals surface area (Å²) in [6.07, 6.45) is 0.593. The Hall–Kier alpha value is -1.07. The Kier molecular flexibility index (Phi) is 5.22. The number of benzene rings is 1. The van der Waals surface area contributed by atoms with E-state index >= 15 is 0 Å². The molecule has 1 aromatic rings. The van der Waals surface area contributed by atoms with Gasteiger partial charge in [0.25, 0.3) is 0 Å². The van der Waals surface area contributed by atoms with Gasteiger partial charge >= 0.3 is 0 Å². The number of rotatable bonds is 5. The Morgan fingerprint density at radius 2 is 2.42 bits per heavy atom. The predicted octanol–water partition coefficient (Wildman–Crippen LogP) is 2.04. The lowest BCUT2D eigenvalue weighted by atomic mass is 10.0. The van der Waals surface area contributed by atoms with E-state index in [-0.39, 0.29) is 24.0 Å². The number of thioether (sulfide) groups is 1. The van der Waals surface area contributed by atoms with Crippen LogP contribution in [0, 0.1) is 5.82 Å². The van der Waals surface area contributed by atoms with Crippen molar-refractivity contribution in [3.8, 4) is 5.75 Å². The molecule has 1 aliphatic rings. The summed E-state index contributed by atoms with van der Waals surface area (Å²) in [5.41, 5.74) is 0.410. The maximum Gasteiger partial charge on any atom is 0.168 e. The summed E-state index contributed by atoms with van der Waals surface area (Å²) in [7, 11) is 1.42. The summed E-state index contributed by atoms with van der Waals surface area (Å²) in [6.45, 7) is 0.941. The highest BCUT2D eigenvalue weighted by atomic mass is 32.2. The molecular formula is C14H18FNO2S. The number of hydrogen-bond acceptors (Lipinski definition) is 4. The lowest BCUT2D eigenvalue weighted by molar-refractivity contribution is -0.118. The summed E-state index contributed by atoms with van der Waals surface area (Å²) in [5, 5.41) is 3.31. The van der Waals surface area contributed by atoms with E-state index in [4.69, 9.17) is 4.74 Å². The monoisotopic (exact) mass is 283 g/mol. The van der Waals surface area contributed by atoms with Gasteiger partial charge in [-0.2, -0.15) is 11.8 Å². The van der Waals surface area contributed by atoms with E-state index in [2.05, 4.69) is 5.32 Å². The van der Waals surface area contributed by atoms with E-state index in [1.54, 1.807) is 18.2 Å². The van der Waals surface area contributed by atoms with Gasteiger partial charge in [-0.05, 0) is 11.6 Å². The van der Waals surface area contributed by atoms with Gasteiger partial charge in [-0.1, -0.05) is 12.1 Å². The van der Waals surface area contributed by atoms with Crippen LogP contribution in [0.15, 0.2) is 18.2 Å². The van der Waals surface area contributed by atoms with Crippen LogP contribution >= 0.6 is 11.8 Å². The van der Waals surface area contributed by atoms with E-state index < -0.39 is 5.82 Å². The molecule has 1 fully saturated rings. The Morgan fingerprint density at radius 3 is 3.11 bits per heavy atom. The molecule has 1 aliphatic heterocycles. The van der Waals surface area contributed by atoms with Gasteiger partial charge in [-0.25, -0.2) is 4.39 Å². The molecular weight excluding hydrogens is 265 g/mol. The van der Waals surface area contributed by atoms with Crippen LogP contribution in [-0.2, 0) is 11.2 Å². The third kappa shape index (κ3) is 3.94. The van der Waals surface area contributed by atoms with Crippen molar-refractivity contribution in [2.45, 2.75) is 18.9 Å². The minimum absolute atomic E-state index is 0.0622. The third-order valence-corrected chi connectivity index (χ3v) is 4.25. The quantitative estimate of drug-likeness (QED) is 0.897. The predicted molar refractivity (Wildman–Crippen MR) is 75.4 cm³/mol. The van der Waals surface area contributed by atoms with E-state index in [9.17, 15) is 9.18 Å². The van der Waals surface area contributed by atoms with Crippen LogP contribution < -0.4 is 10.1 Å². The lowest BCUT2D eigenvalue weighted by Crippen LogP contribution is -2.39. The van der Waals surface area contributed by atoms with E-state index in [1.807, 2.05) is 11.8 Å². The van der Waals surface area contributed by atoms with E-state index in [1.165, 1.54) is 7.11 Å². The van der Waals surface area contributed by atoms with Gasteiger partial charge < -0.3 is 10.1 Å². The highest BCUT2D eigenvalue weighted by Gasteiger charge is 2.18. The standard InChI is InChI=1S/C14H18FNO2S/c1-18-13-4-2-3-10(14(13)15)7-12(17)8-11-9-19-6-5-16-11/h2-4,11,16H,5-9H2,1H3. The molecule has 0 amide bonds. The van der Waals surface area contributed by atoms with Gasteiger partial charge in [0, 0.05) is 36.9 Å². The highest BCUT2D eigenvalue weighted by molar-refractivity contribution is 7.99. The van der Waals surface area contributed by atoms with Gasteiger partial charge in [0.15, 0.2) is 11.6 Å². The first kappa shape index (κ1) is 14.3. The second kappa shape index (κ2) is 6.91. The molecule has 1 aromatic carbocycles. The number of ketones is 1. The molecule has 1 heterocycles. The minimum Gasteiger partial charge on any atom is -0.494 e. The van der Waals surface area contributed by atoms with E-state index in [0.717, 1.165) is 18.1 Å². The van der Waals surface area contributed by atoms with Crippen molar-refractivity contribution in [1.82, 2.24) is 5.32 Å². The molecule has 3 nitrogen and oxygen atoms in total. The molecule has 0 aliphatic carbocycles. The van der Waals surface area contributed by atoms with Crippen LogP contribution in [0.5, 0.6) is 5.75 Å². The summed E-state index contributed by atoms with van der Waals surface area (Å²) in [4.78, 5) is 12.0. The number of nitrogens with one attached hydrogen (secondary N) is 1. The average Bonchev–Trinajstić information content (AvgIpc) is 2.42. The minimum atomic E-state index is -0.427. The number of methoxy groups -OCH3 is 1. The van der Waals surface area contributed by atoms with Gasteiger partial charge in [0.1, 0.15) is 5.78 Å². The van der Waals surface area contributed by atoms with Crippen LogP contribution in [0.2, 0.25) is 0 Å². The Labute approximate surface area is 116 Å². The van der Waals surface area contributed by atoms with Crippen molar-refractivity contribution in [3.05, 3.63) is 29.6 Å². The van der Waals surface area contributed by atoms with Gasteiger partial charge in [-0.15, -0.1) is 0 Å². The molecule has 0 aromatic heterocycles. The average molecular weight is 283 g/mol. The molecule has 1 saturated heterocycles. The van der Waals surface area contributed by atoms with Gasteiger partial charge in [0.05, 0.1) is 7.11 Å². The molecule has 1 unspecified atom stereocenters. The number of ether oxygens (including phenoxy) is 1. The third-order valence-electron chi connectivity index (χ3n) is 3.12. The van der Waals surface area contributed by atoms with Crippen LogP contribution in [-0.4, -0.2) is 37.0 Å². The Balaban J connectivity index is 1.94. The Morgan fingerprint density at radius 1 is 1.58 bits per heavy atom. The van der Waals surface area contributed by atoms with Gasteiger partial charge in [0.2, 0.25) is 0 Å². The van der Waals surface area contributed by atoms with Crippen molar-refractivity contribution in [3.63, 3.8) is 0 Å². The maximum atomic E-state index is 13.9. The molecule has 0 saturated carbocycles. The molecule has 5 heteroatoms. The largest absolute Gasteiger partial charge is 0.494 e. The SMILES string of the molecule is COc1cccc(CC(=O)CC2CSCCN2)c1F. The zero-order valence-corrected chi connectivity index (χ0v) is 11.8. The molecule has 0 radical (unpaired) electrons. The van der Waals surface area contributed by atoms with Crippen molar-refractivity contribution >= 4 is 17.5 Å². The molecule has 1 atom stereocenters. The van der Waals surface area contributed by atoms with Crippen molar-refractivity contribution in [2.24, 2.45) is 0 Å². The summed E-state index contributed by atoms with van der Waals surface area (Å²) >= 11 is 1.85. The second-order valence-corrected chi connectivity index (χ2v) is 5.73. The van der Waals surface area contributed by atoms with Crippen LogP contribution in [0.25, 0.3) is 0 Å². The summed E-state index contributed by atoms with van der Waals surface area (Å²) in [5.74, 6) is 1.87. The van der Waals surface area contributed by atoms with Crippen molar-refractivity contribution in [1.29, 1.82) is 0 Å². The van der Waals surface area contributed by atoms with Crippen molar-refractivity contribution in [2.75, 3.05) is 25.2 Å². The number of hydrogen-bond donors (Lipinski definition) is 1. The molecule has 19 heavy (non-hydrogen) atoms. The molecule has 1 N–H and O–H groups in total. The highest BCUT2D eigenvalue weighted by Crippen LogP contribution is 2.21. The first-order valence-corrected chi connectivity index (χ1v) is 7.50. The summed E-state index contributed by atoms with van der Waals surface area (Å²) in [6, 6.07) is 5.13. The van der Waals surface area contributed by atoms with E-state index in [0.29, 0.717) is 12.0 Å². The second-order valence-electron chi connectivity index (χ2n) is 4.58. The number of Topliss-reactive ketones (excluding diaryl/α,β-unsaturated/α-hetero) is 1. The topological polar surface area (TPSA) is 38.3 Å². The molecule has 2 rings (SSSR count). The lowest BCUT2D eigenvalue weighted by Gasteiger charge is -2.22. The first-order valence-electron chi connectivity index (χ1n) is 6.35. The summed E-state index contributed by atoms with van der Waals surface area (Å²) < 4.78 is 18.8. The number of carbonyl (C=O) groups is 1.